The van der Waals surface area contributed by atoms with Crippen molar-refractivity contribution in [1.82, 2.24) is 14.6 Å². The summed E-state index contributed by atoms with van der Waals surface area (Å²) in [5.74, 6) is -0.365. The van der Waals surface area contributed by atoms with Crippen molar-refractivity contribution in [2.45, 2.75) is 30.7 Å². The molecule has 1 aromatic carbocycles. The van der Waals surface area contributed by atoms with Crippen molar-refractivity contribution in [2.24, 2.45) is 5.73 Å². The molecule has 25 heavy (non-hydrogen) atoms. The molecule has 3 rings (SSSR count). The fraction of sp³-hybridized carbons (Fsp3) is 0.412. The van der Waals surface area contributed by atoms with Gasteiger partial charge in [0.15, 0.2) is 0 Å². The van der Waals surface area contributed by atoms with Crippen LogP contribution in [0.3, 0.4) is 0 Å². The molecule has 0 atom stereocenters. The number of para-hydroxylation sites is 1. The number of nitrogens with two attached hydrogens (primary N) is 1. The molecule has 2 heterocycles. The number of carbonyl (C=O) groups is 1. The maximum absolute atomic E-state index is 12.8. The molecule has 0 spiro atoms. The summed E-state index contributed by atoms with van der Waals surface area (Å²) in [5.41, 5.74) is 6.66. The average molecular weight is 362 g/mol. The number of carbonyl (C=O) groups excluding carboxylic acids is 1. The molecular weight excluding hydrogens is 340 g/mol. The van der Waals surface area contributed by atoms with Gasteiger partial charge in [-0.3, -0.25) is 14.7 Å². The summed E-state index contributed by atoms with van der Waals surface area (Å²) in [6, 6.07) is 6.93. The van der Waals surface area contributed by atoms with Crippen LogP contribution in [0.5, 0.6) is 0 Å². The summed E-state index contributed by atoms with van der Waals surface area (Å²) in [6.45, 7) is 3.42. The number of primary amides is 1. The average Bonchev–Trinajstić information content (AvgIpc) is 2.55. The van der Waals surface area contributed by atoms with Crippen LogP contribution >= 0.6 is 0 Å². The van der Waals surface area contributed by atoms with E-state index in [1.54, 1.807) is 18.3 Å². The summed E-state index contributed by atoms with van der Waals surface area (Å²) in [7, 11) is -3.66. The highest BCUT2D eigenvalue weighted by Crippen LogP contribution is 2.23. The topological polar surface area (TPSA) is 105 Å². The van der Waals surface area contributed by atoms with E-state index in [0.29, 0.717) is 31.4 Å². The van der Waals surface area contributed by atoms with Crippen LogP contribution in [0.15, 0.2) is 35.4 Å². The van der Waals surface area contributed by atoms with Crippen molar-refractivity contribution in [3.63, 3.8) is 0 Å². The third-order valence-corrected chi connectivity index (χ3v) is 5.94. The predicted molar refractivity (Wildman–Crippen MR) is 95.5 cm³/mol. The maximum Gasteiger partial charge on any atom is 0.242 e. The number of pyridine rings is 1. The van der Waals surface area contributed by atoms with Gasteiger partial charge in [0.05, 0.1) is 12.1 Å². The molecule has 1 aromatic heterocycles. The van der Waals surface area contributed by atoms with Crippen molar-refractivity contribution >= 4 is 26.8 Å². The van der Waals surface area contributed by atoms with Gasteiger partial charge in [0.2, 0.25) is 15.9 Å². The van der Waals surface area contributed by atoms with Crippen molar-refractivity contribution in [3.8, 4) is 0 Å². The second-order valence-electron chi connectivity index (χ2n) is 6.48. The van der Waals surface area contributed by atoms with Gasteiger partial charge in [0.25, 0.3) is 0 Å². The molecule has 1 aliphatic heterocycles. The number of hydrogen-bond donors (Lipinski definition) is 2. The van der Waals surface area contributed by atoms with Crippen LogP contribution in [-0.4, -0.2) is 49.9 Å². The first kappa shape index (κ1) is 17.8. The van der Waals surface area contributed by atoms with E-state index in [-0.39, 0.29) is 23.4 Å². The van der Waals surface area contributed by atoms with Gasteiger partial charge >= 0.3 is 0 Å². The number of hydrogen-bond acceptors (Lipinski definition) is 5. The van der Waals surface area contributed by atoms with Crippen LogP contribution < -0.4 is 10.5 Å². The molecule has 1 saturated heterocycles. The van der Waals surface area contributed by atoms with Crippen molar-refractivity contribution in [2.75, 3.05) is 19.6 Å². The second-order valence-corrected chi connectivity index (χ2v) is 8.16. The summed E-state index contributed by atoms with van der Waals surface area (Å²) in [4.78, 5) is 17.4. The first-order valence-electron chi connectivity index (χ1n) is 8.23. The minimum absolute atomic E-state index is 0.158. The number of aromatic nitrogens is 1. The third-order valence-electron chi connectivity index (χ3n) is 4.39. The fourth-order valence-corrected chi connectivity index (χ4v) is 4.66. The van der Waals surface area contributed by atoms with Crippen LogP contribution in [0.25, 0.3) is 10.9 Å². The van der Waals surface area contributed by atoms with E-state index < -0.39 is 10.0 Å². The molecule has 0 bridgehead atoms. The molecule has 134 valence electrons. The molecule has 0 unspecified atom stereocenters. The molecule has 0 radical (unpaired) electrons. The predicted octanol–water partition coefficient (Wildman–Crippen LogP) is 0.771. The molecule has 1 aliphatic rings. The van der Waals surface area contributed by atoms with E-state index in [9.17, 15) is 13.2 Å². The smallest absolute Gasteiger partial charge is 0.242 e. The Hall–Kier alpha value is -2.03. The van der Waals surface area contributed by atoms with Gasteiger partial charge in [-0.05, 0) is 37.5 Å². The number of nitrogens with one attached hydrogen (secondary N) is 1. The summed E-state index contributed by atoms with van der Waals surface area (Å²) >= 11 is 0. The van der Waals surface area contributed by atoms with E-state index in [1.807, 2.05) is 24.0 Å². The highest BCUT2D eigenvalue weighted by Gasteiger charge is 2.26. The Bertz CT molecular complexity index is 890. The van der Waals surface area contributed by atoms with Crippen LogP contribution in [0.2, 0.25) is 0 Å². The lowest BCUT2D eigenvalue weighted by atomic mass is 10.1. The SMILES string of the molecule is Cc1cnc2c(S(=O)(=O)NC3CCN(CC(N)=O)CC3)cccc2c1. The third kappa shape index (κ3) is 4.15. The van der Waals surface area contributed by atoms with Gasteiger partial charge in [-0.25, -0.2) is 13.1 Å². The molecule has 3 N–H and O–H groups in total. The normalized spacial score (nSPS) is 17.0. The van der Waals surface area contributed by atoms with Gasteiger partial charge in [-0.1, -0.05) is 12.1 Å². The molecule has 1 amide bonds. The van der Waals surface area contributed by atoms with Gasteiger partial charge in [0.1, 0.15) is 4.90 Å². The number of benzene rings is 1. The number of fused-ring (bicyclic) bond motifs is 1. The Morgan fingerprint density at radius 2 is 2.08 bits per heavy atom. The maximum atomic E-state index is 12.8. The van der Waals surface area contributed by atoms with Crippen LogP contribution in [0.1, 0.15) is 18.4 Å². The highest BCUT2D eigenvalue weighted by molar-refractivity contribution is 7.89. The number of sulfonamides is 1. The Morgan fingerprint density at radius 1 is 1.36 bits per heavy atom. The zero-order valence-electron chi connectivity index (χ0n) is 14.1. The summed E-state index contributed by atoms with van der Waals surface area (Å²) in [6.07, 6.45) is 2.96. The van der Waals surface area contributed by atoms with E-state index >= 15 is 0 Å². The standard InChI is InChI=1S/C17H22N4O3S/c1-12-9-13-3-2-4-15(17(13)19-10-12)25(23,24)20-14-5-7-21(8-6-14)11-16(18)22/h2-4,9-10,14,20H,5-8,11H2,1H3,(H2,18,22). The Morgan fingerprint density at radius 3 is 2.76 bits per heavy atom. The minimum Gasteiger partial charge on any atom is -0.369 e. The molecule has 1 fully saturated rings. The minimum atomic E-state index is -3.66. The van der Waals surface area contributed by atoms with Crippen LogP contribution in [-0.2, 0) is 14.8 Å². The quantitative estimate of drug-likeness (QED) is 0.817. The van der Waals surface area contributed by atoms with Crippen molar-refractivity contribution in [1.29, 1.82) is 0 Å². The lowest BCUT2D eigenvalue weighted by Crippen LogP contribution is -2.46. The van der Waals surface area contributed by atoms with Gasteiger partial charge in [-0.15, -0.1) is 0 Å². The van der Waals surface area contributed by atoms with Gasteiger partial charge < -0.3 is 5.73 Å². The van der Waals surface area contributed by atoms with Crippen LogP contribution in [0, 0.1) is 6.92 Å². The number of likely N-dealkylation sites (tertiary alicyclic amines) is 1. The number of nitrogens with zero attached hydrogens (tertiary/aromatic N) is 2. The van der Waals surface area contributed by atoms with Gasteiger partial charge in [0, 0.05) is 30.7 Å². The molecule has 0 saturated carbocycles. The van der Waals surface area contributed by atoms with Crippen molar-refractivity contribution in [3.05, 3.63) is 36.0 Å². The van der Waals surface area contributed by atoms with Crippen LogP contribution in [0.4, 0.5) is 0 Å². The summed E-state index contributed by atoms with van der Waals surface area (Å²) in [5, 5.41) is 0.805. The first-order valence-corrected chi connectivity index (χ1v) is 9.72. The second kappa shape index (κ2) is 7.07. The van der Waals surface area contributed by atoms with E-state index in [0.717, 1.165) is 10.9 Å². The zero-order valence-corrected chi connectivity index (χ0v) is 14.9. The fourth-order valence-electron chi connectivity index (χ4n) is 3.17. The number of aryl methyl sites for hydroxylation is 1. The lowest BCUT2D eigenvalue weighted by Gasteiger charge is -2.31. The van der Waals surface area contributed by atoms with E-state index in [2.05, 4.69) is 9.71 Å². The van der Waals surface area contributed by atoms with E-state index in [4.69, 9.17) is 5.73 Å². The monoisotopic (exact) mass is 362 g/mol. The van der Waals surface area contributed by atoms with Gasteiger partial charge in [-0.2, -0.15) is 0 Å². The first-order chi connectivity index (χ1) is 11.8. The largest absolute Gasteiger partial charge is 0.369 e. The Balaban J connectivity index is 1.76. The molecular formula is C17H22N4O3S. The zero-order chi connectivity index (χ0) is 18.0. The molecule has 8 heteroatoms. The molecule has 2 aromatic rings. The number of amides is 1. The van der Waals surface area contributed by atoms with E-state index in [1.165, 1.54) is 0 Å². The lowest BCUT2D eigenvalue weighted by molar-refractivity contribution is -0.119. The Labute approximate surface area is 147 Å². The molecule has 7 nitrogen and oxygen atoms in total. The number of piperidine rings is 1. The summed E-state index contributed by atoms with van der Waals surface area (Å²) < 4.78 is 28.4. The highest BCUT2D eigenvalue weighted by atomic mass is 32.2. The molecule has 0 aliphatic carbocycles. The van der Waals surface area contributed by atoms with Crippen molar-refractivity contribution < 1.29 is 13.2 Å². The number of rotatable bonds is 5. The Kier molecular flexibility index (Phi) is 5.03.